The van der Waals surface area contributed by atoms with E-state index in [1.807, 2.05) is 0 Å². The zero-order chi connectivity index (χ0) is 24.4. The maximum absolute atomic E-state index is 13.9. The molecule has 4 N–H and O–H groups in total. The minimum Gasteiger partial charge on any atom is -0.454 e. The summed E-state index contributed by atoms with van der Waals surface area (Å²) in [7, 11) is 0. The lowest BCUT2D eigenvalue weighted by molar-refractivity contribution is -0.127. The number of nitrogens with zero attached hydrogens (tertiary/aromatic N) is 3. The van der Waals surface area contributed by atoms with Gasteiger partial charge in [0, 0.05) is 24.7 Å². The molecule has 1 fully saturated rings. The average molecular weight is 467 g/mol. The van der Waals surface area contributed by atoms with Crippen molar-refractivity contribution < 1.29 is 23.1 Å². The molecule has 0 saturated carbocycles. The van der Waals surface area contributed by atoms with Gasteiger partial charge in [0.2, 0.25) is 5.91 Å². The Hall–Kier alpha value is -4.21. The third kappa shape index (κ3) is 4.47. The second-order valence-corrected chi connectivity index (χ2v) is 7.90. The monoisotopic (exact) mass is 467 g/mol. The first-order chi connectivity index (χ1) is 16.3. The number of anilines is 1. The quantitative estimate of drug-likeness (QED) is 0.537. The fourth-order valence-electron chi connectivity index (χ4n) is 4.02. The van der Waals surface area contributed by atoms with Gasteiger partial charge in [0.05, 0.1) is 6.04 Å². The second kappa shape index (κ2) is 9.34. The van der Waals surface area contributed by atoms with Crippen LogP contribution in [0, 0.1) is 11.6 Å². The first-order valence-electron chi connectivity index (χ1n) is 10.6. The average Bonchev–Trinajstić information content (AvgIpc) is 3.18. The van der Waals surface area contributed by atoms with E-state index in [0.717, 1.165) is 25.0 Å². The van der Waals surface area contributed by atoms with Crippen molar-refractivity contribution in [1.29, 1.82) is 0 Å². The van der Waals surface area contributed by atoms with Crippen LogP contribution in [-0.2, 0) is 4.79 Å². The fraction of sp³-hybridized carbons (Fsp3) is 0.208. The van der Waals surface area contributed by atoms with Gasteiger partial charge in [0.1, 0.15) is 28.6 Å². The van der Waals surface area contributed by atoms with Gasteiger partial charge in [-0.15, -0.1) is 0 Å². The number of hydrogen-bond donors (Lipinski definition) is 2. The number of ether oxygens (including phenoxy) is 1. The van der Waals surface area contributed by atoms with Crippen LogP contribution in [0.3, 0.4) is 0 Å². The van der Waals surface area contributed by atoms with Crippen LogP contribution < -0.4 is 16.2 Å². The molecule has 1 atom stereocenters. The van der Waals surface area contributed by atoms with Crippen molar-refractivity contribution >= 4 is 17.6 Å². The summed E-state index contributed by atoms with van der Waals surface area (Å²) in [5.74, 6) is -2.16. The highest BCUT2D eigenvalue weighted by molar-refractivity contribution is 6.03. The number of benzene rings is 2. The fourth-order valence-corrected chi connectivity index (χ4v) is 4.02. The zero-order valence-electron chi connectivity index (χ0n) is 18.2. The van der Waals surface area contributed by atoms with Gasteiger partial charge < -0.3 is 21.1 Å². The number of carbonyl (C=O) groups excluding carboxylic acids is 2. The first kappa shape index (κ1) is 23.0. The maximum atomic E-state index is 13.9. The van der Waals surface area contributed by atoms with Crippen molar-refractivity contribution in [3.63, 3.8) is 0 Å². The lowest BCUT2D eigenvalue weighted by Crippen LogP contribution is -2.40. The molecular formula is C24H23F2N5O3. The lowest BCUT2D eigenvalue weighted by Gasteiger charge is -2.32. The van der Waals surface area contributed by atoms with Crippen LogP contribution >= 0.6 is 0 Å². The van der Waals surface area contributed by atoms with Crippen molar-refractivity contribution in [2.75, 3.05) is 18.8 Å². The van der Waals surface area contributed by atoms with Crippen LogP contribution in [0.15, 0.2) is 55.1 Å². The predicted molar refractivity (Wildman–Crippen MR) is 122 cm³/mol. The third-order valence-corrected chi connectivity index (χ3v) is 5.67. The number of likely N-dealkylation sites (tertiary alicyclic amines) is 1. The van der Waals surface area contributed by atoms with Gasteiger partial charge in [0.15, 0.2) is 11.6 Å². The smallest absolute Gasteiger partial charge is 0.254 e. The molecule has 0 spiro atoms. The van der Waals surface area contributed by atoms with E-state index >= 15 is 0 Å². The number of piperidine rings is 1. The molecule has 3 aromatic rings. The number of primary amides is 1. The van der Waals surface area contributed by atoms with Gasteiger partial charge in [-0.05, 0) is 55.3 Å². The van der Waals surface area contributed by atoms with E-state index in [4.69, 9.17) is 16.2 Å². The van der Waals surface area contributed by atoms with Crippen molar-refractivity contribution in [1.82, 2.24) is 14.7 Å². The molecule has 1 saturated heterocycles. The lowest BCUT2D eigenvalue weighted by atomic mass is 10.1. The molecule has 2 amide bonds. The van der Waals surface area contributed by atoms with E-state index in [0.29, 0.717) is 24.4 Å². The minimum atomic E-state index is -0.830. The number of amides is 2. The molecule has 34 heavy (non-hydrogen) atoms. The number of carbonyl (C=O) groups is 2. The summed E-state index contributed by atoms with van der Waals surface area (Å²) in [6.45, 7) is 4.51. The van der Waals surface area contributed by atoms with E-state index in [1.54, 1.807) is 29.2 Å². The van der Waals surface area contributed by atoms with Crippen molar-refractivity contribution in [2.24, 2.45) is 5.73 Å². The number of rotatable bonds is 6. The summed E-state index contributed by atoms with van der Waals surface area (Å²) >= 11 is 0. The largest absolute Gasteiger partial charge is 0.454 e. The molecular weight excluding hydrogens is 444 g/mol. The molecule has 2 heterocycles. The topological polar surface area (TPSA) is 116 Å². The highest BCUT2D eigenvalue weighted by Gasteiger charge is 2.29. The summed E-state index contributed by atoms with van der Waals surface area (Å²) in [4.78, 5) is 25.9. The number of nitrogens with two attached hydrogens (primary N) is 2. The normalized spacial score (nSPS) is 15.7. The Bertz CT molecular complexity index is 1260. The number of aromatic nitrogens is 2. The van der Waals surface area contributed by atoms with Gasteiger partial charge in [0.25, 0.3) is 5.91 Å². The molecule has 0 bridgehead atoms. The van der Waals surface area contributed by atoms with Crippen LogP contribution in [0.2, 0.25) is 0 Å². The molecule has 0 aliphatic carbocycles. The van der Waals surface area contributed by atoms with Gasteiger partial charge >= 0.3 is 0 Å². The number of halogens is 2. The molecule has 4 rings (SSSR count). The Morgan fingerprint density at radius 3 is 2.56 bits per heavy atom. The first-order valence-corrected chi connectivity index (χ1v) is 10.6. The molecule has 1 aliphatic rings. The SMILES string of the molecule is C=CC(=O)N1CCC[C@@H](n2nc(-c3ccc(Oc4ccc(F)cc4F)cc3)c(C(N)=O)c2N)C1. The highest BCUT2D eigenvalue weighted by atomic mass is 19.1. The van der Waals surface area contributed by atoms with Gasteiger partial charge in [-0.1, -0.05) is 6.58 Å². The minimum absolute atomic E-state index is 0.0745. The molecule has 176 valence electrons. The zero-order valence-corrected chi connectivity index (χ0v) is 18.2. The maximum Gasteiger partial charge on any atom is 0.254 e. The van der Waals surface area contributed by atoms with Crippen LogP contribution in [0.25, 0.3) is 11.3 Å². The van der Waals surface area contributed by atoms with E-state index < -0.39 is 17.5 Å². The summed E-state index contributed by atoms with van der Waals surface area (Å²) in [5, 5.41) is 4.57. The Morgan fingerprint density at radius 2 is 1.91 bits per heavy atom. The van der Waals surface area contributed by atoms with E-state index in [2.05, 4.69) is 11.7 Å². The Labute approximate surface area is 194 Å². The molecule has 8 nitrogen and oxygen atoms in total. The van der Waals surface area contributed by atoms with E-state index in [1.165, 1.54) is 16.8 Å². The Kier molecular flexibility index (Phi) is 6.31. The van der Waals surface area contributed by atoms with E-state index in [9.17, 15) is 18.4 Å². The van der Waals surface area contributed by atoms with Gasteiger partial charge in [-0.25, -0.2) is 13.5 Å². The van der Waals surface area contributed by atoms with Crippen LogP contribution in [0.4, 0.5) is 14.6 Å². The Morgan fingerprint density at radius 1 is 1.18 bits per heavy atom. The van der Waals surface area contributed by atoms with Crippen LogP contribution in [0.1, 0.15) is 29.2 Å². The molecule has 1 aliphatic heterocycles. The van der Waals surface area contributed by atoms with Crippen LogP contribution in [-0.4, -0.2) is 39.6 Å². The second-order valence-electron chi connectivity index (χ2n) is 7.90. The van der Waals surface area contributed by atoms with Crippen LogP contribution in [0.5, 0.6) is 11.5 Å². The summed E-state index contributed by atoms with van der Waals surface area (Å²) in [6.07, 6.45) is 2.73. The third-order valence-electron chi connectivity index (χ3n) is 5.67. The molecule has 0 radical (unpaired) electrons. The standard InChI is InChI=1S/C24H23F2N5O3/c1-2-20(32)30-11-3-4-16(13-30)31-23(27)21(24(28)33)22(29-31)14-5-8-17(9-6-14)34-19-10-7-15(25)12-18(19)26/h2,5-10,12,16H,1,3-4,11,13,27H2,(H2,28,33)/t16-/m1/s1. The van der Waals surface area contributed by atoms with Gasteiger partial charge in [-0.3, -0.25) is 9.59 Å². The summed E-state index contributed by atoms with van der Waals surface area (Å²) in [5.41, 5.74) is 12.8. The summed E-state index contributed by atoms with van der Waals surface area (Å²) < 4.78 is 34.0. The molecule has 0 unspecified atom stereocenters. The van der Waals surface area contributed by atoms with Crippen molar-refractivity contribution in [2.45, 2.75) is 18.9 Å². The number of hydrogen-bond acceptors (Lipinski definition) is 5. The molecule has 10 heteroatoms. The van der Waals surface area contributed by atoms with Crippen molar-refractivity contribution in [3.8, 4) is 22.8 Å². The summed E-state index contributed by atoms with van der Waals surface area (Å²) in [6, 6.07) is 9.16. The predicted octanol–water partition coefficient (Wildman–Crippen LogP) is 3.65. The number of nitrogen functional groups attached to an aromatic ring is 1. The molecule has 1 aromatic heterocycles. The highest BCUT2D eigenvalue weighted by Crippen LogP contribution is 2.33. The van der Waals surface area contributed by atoms with Gasteiger partial charge in [-0.2, -0.15) is 5.10 Å². The van der Waals surface area contributed by atoms with Crippen molar-refractivity contribution in [3.05, 3.63) is 72.3 Å². The van der Waals surface area contributed by atoms with E-state index in [-0.39, 0.29) is 34.8 Å². The molecule has 2 aromatic carbocycles. The Balaban J connectivity index is 1.63.